The van der Waals surface area contributed by atoms with E-state index in [4.69, 9.17) is 4.74 Å². The van der Waals surface area contributed by atoms with Gasteiger partial charge in [0.25, 0.3) is 5.88 Å². The molecule has 0 spiro atoms. The number of aromatic carboxylic acids is 1. The molecule has 38 heavy (non-hydrogen) atoms. The summed E-state index contributed by atoms with van der Waals surface area (Å²) in [4.78, 5) is 50.9. The van der Waals surface area contributed by atoms with Gasteiger partial charge in [-0.05, 0) is 48.5 Å². The number of carbonyl (C=O) groups is 3. The van der Waals surface area contributed by atoms with E-state index in [2.05, 4.69) is 20.3 Å². The fourth-order valence-electron chi connectivity index (χ4n) is 3.75. The van der Waals surface area contributed by atoms with Crippen LogP contribution in [0.15, 0.2) is 91.3 Å². The van der Waals surface area contributed by atoms with Crippen LogP contribution in [0.4, 0.5) is 22.1 Å². The Balaban J connectivity index is 1.58. The number of hydrogen-bond donors (Lipinski definition) is 2. The molecule has 3 aromatic carbocycles. The lowest BCUT2D eigenvalue weighted by Crippen LogP contribution is -2.29. The smallest absolute Gasteiger partial charge is 0.425 e. The average Bonchev–Trinajstić information content (AvgIpc) is 3.34. The molecular weight excluding hydrogens is 488 g/mol. The lowest BCUT2D eigenvalue weighted by molar-refractivity contribution is -0.114. The molecule has 2 heterocycles. The third kappa shape index (κ3) is 4.88. The Morgan fingerprint density at radius 1 is 0.868 bits per heavy atom. The Kier molecular flexibility index (Phi) is 6.47. The second-order valence-corrected chi connectivity index (χ2v) is 8.05. The Hall–Kier alpha value is -5.58. The van der Waals surface area contributed by atoms with E-state index in [1.807, 2.05) is 12.1 Å². The van der Waals surface area contributed by atoms with Gasteiger partial charge in [-0.2, -0.15) is 9.97 Å². The Labute approximate surface area is 216 Å². The fourth-order valence-corrected chi connectivity index (χ4v) is 3.75. The number of nitrogens with zero attached hydrogens (tertiary/aromatic N) is 5. The Bertz CT molecular complexity index is 1600. The third-order valence-electron chi connectivity index (χ3n) is 5.44. The number of nitrogens with one attached hydrogen (secondary N) is 1. The van der Waals surface area contributed by atoms with Crippen molar-refractivity contribution in [2.24, 2.45) is 0 Å². The summed E-state index contributed by atoms with van der Waals surface area (Å²) in [6.45, 7) is 1.30. The number of para-hydroxylation sites is 2. The van der Waals surface area contributed by atoms with Gasteiger partial charge in [0.1, 0.15) is 6.33 Å². The van der Waals surface area contributed by atoms with Gasteiger partial charge in [0.15, 0.2) is 11.2 Å². The molecule has 0 aliphatic rings. The van der Waals surface area contributed by atoms with E-state index < -0.39 is 18.0 Å². The molecule has 2 N–H and O–H groups in total. The molecule has 188 valence electrons. The number of carbonyl (C=O) groups excluding carboxylic acids is 2. The summed E-state index contributed by atoms with van der Waals surface area (Å²) < 4.78 is 7.32. The van der Waals surface area contributed by atoms with Crippen molar-refractivity contribution in [3.05, 3.63) is 96.8 Å². The van der Waals surface area contributed by atoms with Gasteiger partial charge in [0.05, 0.1) is 16.9 Å². The highest BCUT2D eigenvalue weighted by molar-refractivity contribution is 5.98. The molecule has 0 saturated heterocycles. The summed E-state index contributed by atoms with van der Waals surface area (Å²) in [6, 6.07) is 24.0. The zero-order valence-corrected chi connectivity index (χ0v) is 20.0. The first-order valence-corrected chi connectivity index (χ1v) is 11.4. The number of rotatable bonds is 6. The molecule has 0 aliphatic heterocycles. The van der Waals surface area contributed by atoms with Crippen molar-refractivity contribution < 1.29 is 24.2 Å². The number of hydrogen-bond acceptors (Lipinski definition) is 7. The normalized spacial score (nSPS) is 10.7. The molecule has 0 bridgehead atoms. The number of imidazole rings is 1. The molecule has 2 aromatic heterocycles. The van der Waals surface area contributed by atoms with Crippen molar-refractivity contribution in [3.8, 4) is 11.6 Å². The van der Waals surface area contributed by atoms with Crippen molar-refractivity contribution >= 4 is 46.5 Å². The maximum absolute atomic E-state index is 13.5. The summed E-state index contributed by atoms with van der Waals surface area (Å²) in [5.41, 5.74) is 2.21. The second kappa shape index (κ2) is 10.2. The highest BCUT2D eigenvalue weighted by atomic mass is 16.6. The molecule has 0 radical (unpaired) electrons. The van der Waals surface area contributed by atoms with Crippen LogP contribution in [0.2, 0.25) is 0 Å². The fraction of sp³-hybridized carbons (Fsp3) is 0.0370. The van der Waals surface area contributed by atoms with Gasteiger partial charge in [-0.15, -0.1) is 0 Å². The number of aromatic nitrogens is 4. The van der Waals surface area contributed by atoms with Crippen LogP contribution in [0.5, 0.6) is 5.88 Å². The van der Waals surface area contributed by atoms with Crippen LogP contribution in [0, 0.1) is 0 Å². The molecule has 0 fully saturated rings. The molecule has 0 unspecified atom stereocenters. The molecule has 5 aromatic rings. The van der Waals surface area contributed by atoms with E-state index in [1.54, 1.807) is 65.2 Å². The van der Waals surface area contributed by atoms with Crippen LogP contribution >= 0.6 is 0 Å². The van der Waals surface area contributed by atoms with Gasteiger partial charge in [-0.1, -0.05) is 36.4 Å². The van der Waals surface area contributed by atoms with Crippen molar-refractivity contribution in [2.45, 2.75) is 6.92 Å². The Morgan fingerprint density at radius 2 is 1.47 bits per heavy atom. The van der Waals surface area contributed by atoms with Crippen molar-refractivity contribution in [1.29, 1.82) is 0 Å². The van der Waals surface area contributed by atoms with Crippen molar-refractivity contribution in [3.63, 3.8) is 0 Å². The van der Waals surface area contributed by atoms with E-state index >= 15 is 0 Å². The third-order valence-corrected chi connectivity index (χ3v) is 5.44. The lowest BCUT2D eigenvalue weighted by Gasteiger charge is -2.22. The van der Waals surface area contributed by atoms with Crippen LogP contribution < -0.4 is 15.0 Å². The monoisotopic (exact) mass is 508 g/mol. The summed E-state index contributed by atoms with van der Waals surface area (Å²) in [5.74, 6) is -1.74. The minimum Gasteiger partial charge on any atom is -0.478 e. The van der Waals surface area contributed by atoms with E-state index in [9.17, 15) is 19.5 Å². The highest BCUT2D eigenvalue weighted by Gasteiger charge is 2.24. The van der Waals surface area contributed by atoms with Crippen LogP contribution in [0.3, 0.4) is 0 Å². The zero-order chi connectivity index (χ0) is 26.6. The van der Waals surface area contributed by atoms with E-state index in [0.717, 1.165) is 0 Å². The van der Waals surface area contributed by atoms with Crippen LogP contribution in [0.25, 0.3) is 16.9 Å². The van der Waals surface area contributed by atoms with Gasteiger partial charge in [-0.3, -0.25) is 14.7 Å². The SMILES string of the molecule is CC(=O)Nc1nc(OC(=O)N(c2ccccc2)c2ccccc2)c2ncn(-c3ccc(C(=O)O)cc3)c2n1. The first-order valence-electron chi connectivity index (χ1n) is 11.4. The molecule has 0 atom stereocenters. The number of amides is 2. The van der Waals surface area contributed by atoms with Crippen molar-refractivity contribution in [1.82, 2.24) is 19.5 Å². The van der Waals surface area contributed by atoms with Gasteiger partial charge < -0.3 is 9.84 Å². The van der Waals surface area contributed by atoms with E-state index in [1.165, 1.54) is 30.3 Å². The maximum Gasteiger partial charge on any atom is 0.425 e. The van der Waals surface area contributed by atoms with E-state index in [0.29, 0.717) is 17.1 Å². The van der Waals surface area contributed by atoms with Gasteiger partial charge in [0, 0.05) is 12.6 Å². The largest absolute Gasteiger partial charge is 0.478 e. The molecule has 2 amide bonds. The van der Waals surface area contributed by atoms with Crippen molar-refractivity contribution in [2.75, 3.05) is 10.2 Å². The number of anilines is 3. The molecule has 0 saturated carbocycles. The van der Waals surface area contributed by atoms with Crippen LogP contribution in [-0.2, 0) is 4.79 Å². The average molecular weight is 508 g/mol. The number of benzene rings is 3. The summed E-state index contributed by atoms with van der Waals surface area (Å²) in [6.07, 6.45) is 0.687. The summed E-state index contributed by atoms with van der Waals surface area (Å²) in [5, 5.41) is 11.7. The standard InChI is InChI=1S/C27H20N6O5/c1-17(34)29-26-30-23-22(28-16-32(23)19-14-12-18(13-15-19)25(35)36)24(31-26)38-27(37)33(20-8-4-2-5-9-20)21-10-6-3-7-11-21/h2-16H,1H3,(H,35,36)(H,29,30,31,34). The maximum atomic E-state index is 13.5. The number of ether oxygens (including phenoxy) is 1. The first-order chi connectivity index (χ1) is 18.4. The minimum atomic E-state index is -1.06. The summed E-state index contributed by atoms with van der Waals surface area (Å²) >= 11 is 0. The zero-order valence-electron chi connectivity index (χ0n) is 20.0. The quantitative estimate of drug-likeness (QED) is 0.333. The number of carboxylic acids is 1. The highest BCUT2D eigenvalue weighted by Crippen LogP contribution is 2.29. The van der Waals surface area contributed by atoms with E-state index in [-0.39, 0.29) is 28.6 Å². The minimum absolute atomic E-state index is 0.0947. The molecule has 0 aliphatic carbocycles. The Morgan fingerprint density at radius 3 is 2.03 bits per heavy atom. The molecular formula is C27H20N6O5. The van der Waals surface area contributed by atoms with Crippen LogP contribution in [0.1, 0.15) is 17.3 Å². The predicted molar refractivity (Wildman–Crippen MR) is 139 cm³/mol. The number of fused-ring (bicyclic) bond motifs is 1. The van der Waals surface area contributed by atoms with Gasteiger partial charge in [0.2, 0.25) is 11.9 Å². The summed E-state index contributed by atoms with van der Waals surface area (Å²) in [7, 11) is 0. The second-order valence-electron chi connectivity index (χ2n) is 8.05. The first kappa shape index (κ1) is 24.1. The number of carboxylic acid groups (broad SMARTS) is 1. The van der Waals surface area contributed by atoms with Crippen LogP contribution in [-0.4, -0.2) is 42.6 Å². The molecule has 11 nitrogen and oxygen atoms in total. The topological polar surface area (TPSA) is 140 Å². The molecule has 5 rings (SSSR count). The molecule has 11 heteroatoms. The lowest BCUT2D eigenvalue weighted by atomic mass is 10.2. The van der Waals surface area contributed by atoms with Gasteiger partial charge in [-0.25, -0.2) is 19.5 Å². The predicted octanol–water partition coefficient (Wildman–Crippen LogP) is 4.81. The van der Waals surface area contributed by atoms with Gasteiger partial charge >= 0.3 is 12.1 Å².